The highest BCUT2D eigenvalue weighted by atomic mass is 32.2. The van der Waals surface area contributed by atoms with Gasteiger partial charge in [-0.15, -0.1) is 5.10 Å². The lowest BCUT2D eigenvalue weighted by Gasteiger charge is -2.19. The molecule has 0 aliphatic carbocycles. The van der Waals surface area contributed by atoms with Crippen LogP contribution in [-0.2, 0) is 11.8 Å². The van der Waals surface area contributed by atoms with E-state index in [1.165, 1.54) is 0 Å². The third-order valence-electron chi connectivity index (χ3n) is 4.83. The van der Waals surface area contributed by atoms with E-state index in [0.717, 1.165) is 60.9 Å². The van der Waals surface area contributed by atoms with Gasteiger partial charge in [0.15, 0.2) is 0 Å². The summed E-state index contributed by atoms with van der Waals surface area (Å²) < 4.78 is 13.2. The number of aryl methyl sites for hydroxylation is 1. The van der Waals surface area contributed by atoms with Crippen molar-refractivity contribution in [1.82, 2.24) is 20.2 Å². The van der Waals surface area contributed by atoms with Crippen LogP contribution in [0.25, 0.3) is 0 Å². The van der Waals surface area contributed by atoms with Crippen molar-refractivity contribution < 1.29 is 14.3 Å². The molecule has 0 bridgehead atoms. The number of benzene rings is 1. The number of rotatable bonds is 15. The van der Waals surface area contributed by atoms with Crippen molar-refractivity contribution in [2.24, 2.45) is 18.2 Å². The molecule has 1 aromatic carbocycles. The standard InChI is InChI=1S/C21H33N5O3S/c1-21(2,19(22)27)13-5-7-15-29-18-11-9-17(10-12-18)28-14-6-4-8-16-30-20-23-24-25-26(20)3/h9-12H,4-8,13-16H2,1-3H3,(H2,22,27). The van der Waals surface area contributed by atoms with E-state index in [-0.39, 0.29) is 5.91 Å². The Labute approximate surface area is 182 Å². The van der Waals surface area contributed by atoms with Crippen LogP contribution in [0.2, 0.25) is 0 Å². The molecule has 30 heavy (non-hydrogen) atoms. The highest BCUT2D eigenvalue weighted by Crippen LogP contribution is 2.23. The molecule has 2 aromatic rings. The molecule has 0 unspecified atom stereocenters. The molecule has 1 amide bonds. The molecule has 0 radical (unpaired) electrons. The molecule has 0 aliphatic rings. The average Bonchev–Trinajstić information content (AvgIpc) is 3.12. The predicted molar refractivity (Wildman–Crippen MR) is 118 cm³/mol. The molecule has 0 fully saturated rings. The van der Waals surface area contributed by atoms with Gasteiger partial charge in [-0.2, -0.15) is 0 Å². The Kier molecular flexibility index (Phi) is 9.93. The Morgan fingerprint density at radius 3 is 2.17 bits per heavy atom. The van der Waals surface area contributed by atoms with Gasteiger partial charge in [0, 0.05) is 18.2 Å². The summed E-state index contributed by atoms with van der Waals surface area (Å²) in [5.74, 6) is 2.43. The SMILES string of the molecule is Cn1nnnc1SCCCCCOc1ccc(OCCCCC(C)(C)C(N)=O)cc1. The van der Waals surface area contributed by atoms with Gasteiger partial charge >= 0.3 is 0 Å². The molecular weight excluding hydrogens is 402 g/mol. The van der Waals surface area contributed by atoms with E-state index in [2.05, 4.69) is 15.5 Å². The molecule has 0 saturated carbocycles. The van der Waals surface area contributed by atoms with Crippen molar-refractivity contribution in [3.05, 3.63) is 24.3 Å². The topological polar surface area (TPSA) is 105 Å². The fraction of sp³-hybridized carbons (Fsp3) is 0.619. The monoisotopic (exact) mass is 435 g/mol. The van der Waals surface area contributed by atoms with Gasteiger partial charge in [0.05, 0.1) is 13.2 Å². The van der Waals surface area contributed by atoms with Crippen LogP contribution in [0.5, 0.6) is 11.5 Å². The van der Waals surface area contributed by atoms with Crippen LogP contribution in [0.15, 0.2) is 29.4 Å². The minimum Gasteiger partial charge on any atom is -0.494 e. The Hall–Kier alpha value is -2.29. The van der Waals surface area contributed by atoms with Crippen LogP contribution < -0.4 is 15.2 Å². The largest absolute Gasteiger partial charge is 0.494 e. The second-order valence-corrected chi connectivity index (χ2v) is 8.93. The zero-order valence-corrected chi connectivity index (χ0v) is 19.0. The molecule has 0 atom stereocenters. The molecule has 166 valence electrons. The van der Waals surface area contributed by atoms with E-state index >= 15 is 0 Å². The van der Waals surface area contributed by atoms with E-state index in [4.69, 9.17) is 15.2 Å². The van der Waals surface area contributed by atoms with Gasteiger partial charge in [0.2, 0.25) is 11.1 Å². The van der Waals surface area contributed by atoms with Crippen LogP contribution in [0.1, 0.15) is 52.4 Å². The summed E-state index contributed by atoms with van der Waals surface area (Å²) in [4.78, 5) is 11.3. The molecule has 8 nitrogen and oxygen atoms in total. The quantitative estimate of drug-likeness (QED) is 0.336. The lowest BCUT2D eigenvalue weighted by molar-refractivity contribution is -0.126. The number of carbonyl (C=O) groups is 1. The number of ether oxygens (including phenoxy) is 2. The first-order valence-electron chi connectivity index (χ1n) is 10.4. The van der Waals surface area contributed by atoms with Crippen LogP contribution in [0.4, 0.5) is 0 Å². The maximum absolute atomic E-state index is 11.3. The number of amides is 1. The summed E-state index contributed by atoms with van der Waals surface area (Å²) in [5.41, 5.74) is 4.94. The van der Waals surface area contributed by atoms with Crippen LogP contribution in [-0.4, -0.2) is 45.1 Å². The van der Waals surface area contributed by atoms with E-state index in [9.17, 15) is 4.79 Å². The first kappa shape index (κ1) is 24.0. The van der Waals surface area contributed by atoms with Crippen LogP contribution in [0, 0.1) is 5.41 Å². The second kappa shape index (κ2) is 12.4. The third-order valence-corrected chi connectivity index (χ3v) is 5.92. The molecule has 1 aromatic heterocycles. The normalized spacial score (nSPS) is 11.4. The Morgan fingerprint density at radius 2 is 1.63 bits per heavy atom. The molecule has 0 aliphatic heterocycles. The van der Waals surface area contributed by atoms with Gasteiger partial charge in [0.25, 0.3) is 0 Å². The van der Waals surface area contributed by atoms with Crippen molar-refractivity contribution in [3.63, 3.8) is 0 Å². The highest BCUT2D eigenvalue weighted by molar-refractivity contribution is 7.99. The Balaban J connectivity index is 1.51. The maximum atomic E-state index is 11.3. The lowest BCUT2D eigenvalue weighted by Crippen LogP contribution is -2.31. The first-order chi connectivity index (χ1) is 14.4. The van der Waals surface area contributed by atoms with Crippen molar-refractivity contribution >= 4 is 17.7 Å². The van der Waals surface area contributed by atoms with Crippen molar-refractivity contribution in [3.8, 4) is 11.5 Å². The molecule has 2 N–H and O–H groups in total. The van der Waals surface area contributed by atoms with Gasteiger partial charge in [-0.05, 0) is 73.2 Å². The first-order valence-corrected chi connectivity index (χ1v) is 11.4. The van der Waals surface area contributed by atoms with E-state index in [1.54, 1.807) is 16.4 Å². The predicted octanol–water partition coefficient (Wildman–Crippen LogP) is 3.61. The summed E-state index contributed by atoms with van der Waals surface area (Å²) in [7, 11) is 1.85. The van der Waals surface area contributed by atoms with E-state index < -0.39 is 5.41 Å². The fourth-order valence-corrected chi connectivity index (χ4v) is 3.54. The summed E-state index contributed by atoms with van der Waals surface area (Å²) >= 11 is 1.67. The zero-order chi connectivity index (χ0) is 21.8. The van der Waals surface area contributed by atoms with Crippen LogP contribution >= 0.6 is 11.8 Å². The van der Waals surface area contributed by atoms with Crippen molar-refractivity contribution in [2.45, 2.75) is 57.5 Å². The zero-order valence-electron chi connectivity index (χ0n) is 18.2. The van der Waals surface area contributed by atoms with E-state index in [1.807, 2.05) is 45.2 Å². The number of carbonyl (C=O) groups excluding carboxylic acids is 1. The number of aromatic nitrogens is 4. The molecule has 0 spiro atoms. The third kappa shape index (κ3) is 8.61. The van der Waals surface area contributed by atoms with Gasteiger partial charge in [0.1, 0.15) is 11.5 Å². The number of primary amides is 1. The number of tetrazole rings is 1. The number of unbranched alkanes of at least 4 members (excludes halogenated alkanes) is 3. The van der Waals surface area contributed by atoms with Gasteiger partial charge in [-0.1, -0.05) is 25.6 Å². The summed E-state index contributed by atoms with van der Waals surface area (Å²) in [6, 6.07) is 7.72. The van der Waals surface area contributed by atoms with Crippen molar-refractivity contribution in [1.29, 1.82) is 0 Å². The van der Waals surface area contributed by atoms with E-state index in [0.29, 0.717) is 13.2 Å². The van der Waals surface area contributed by atoms with Gasteiger partial charge in [-0.3, -0.25) is 4.79 Å². The molecule has 9 heteroatoms. The smallest absolute Gasteiger partial charge is 0.223 e. The Morgan fingerprint density at radius 1 is 1.03 bits per heavy atom. The summed E-state index contributed by atoms with van der Waals surface area (Å²) in [6.07, 6.45) is 5.79. The number of thioether (sulfide) groups is 1. The highest BCUT2D eigenvalue weighted by Gasteiger charge is 2.23. The molecule has 1 heterocycles. The number of hydrogen-bond acceptors (Lipinski definition) is 7. The van der Waals surface area contributed by atoms with Crippen LogP contribution in [0.3, 0.4) is 0 Å². The summed E-state index contributed by atoms with van der Waals surface area (Å²) in [6.45, 7) is 5.08. The minimum atomic E-state index is -0.453. The second-order valence-electron chi connectivity index (χ2n) is 7.87. The Bertz CT molecular complexity index is 764. The average molecular weight is 436 g/mol. The molecule has 2 rings (SSSR count). The summed E-state index contributed by atoms with van der Waals surface area (Å²) in [5, 5.41) is 12.2. The molecule has 0 saturated heterocycles. The number of hydrogen-bond donors (Lipinski definition) is 1. The minimum absolute atomic E-state index is 0.252. The van der Waals surface area contributed by atoms with Crippen molar-refractivity contribution in [2.75, 3.05) is 19.0 Å². The maximum Gasteiger partial charge on any atom is 0.223 e. The van der Waals surface area contributed by atoms with Gasteiger partial charge in [-0.25, -0.2) is 4.68 Å². The van der Waals surface area contributed by atoms with Gasteiger partial charge < -0.3 is 15.2 Å². The number of nitrogens with zero attached hydrogens (tertiary/aromatic N) is 4. The fourth-order valence-electron chi connectivity index (χ4n) is 2.69. The lowest BCUT2D eigenvalue weighted by atomic mass is 9.86. The molecular formula is C21H33N5O3S. The number of nitrogens with two attached hydrogens (primary N) is 1.